The summed E-state index contributed by atoms with van der Waals surface area (Å²) in [6.45, 7) is 3.80. The molecule has 3 rings (SSSR count). The average Bonchev–Trinajstić information content (AvgIpc) is 3.14. The molecule has 156 valence electrons. The summed E-state index contributed by atoms with van der Waals surface area (Å²) in [6.07, 6.45) is 0.983. The van der Waals surface area contributed by atoms with E-state index in [9.17, 15) is 9.59 Å². The average molecular weight is 420 g/mol. The standard InChI is InChI=1S/C19H25N5O4S/c20-23-21-6-7-27-8-9-28-10-11-29-17-3-1-2-14-12-24(13-15(14)17)16-4-5-18(25)22-19(16)26/h1-3,16H,4-13H2,(H,22,25,26). The van der Waals surface area contributed by atoms with E-state index < -0.39 is 0 Å². The molecule has 2 heterocycles. The molecule has 2 amide bonds. The number of ether oxygens (including phenoxy) is 2. The van der Waals surface area contributed by atoms with E-state index >= 15 is 0 Å². The second-order valence-electron chi connectivity index (χ2n) is 6.79. The molecule has 1 N–H and O–H groups in total. The number of rotatable bonds is 11. The molecule has 0 radical (unpaired) electrons. The van der Waals surface area contributed by atoms with Gasteiger partial charge in [-0.15, -0.1) is 11.8 Å². The summed E-state index contributed by atoms with van der Waals surface area (Å²) >= 11 is 1.75. The Morgan fingerprint density at radius 2 is 2.03 bits per heavy atom. The molecule has 9 nitrogen and oxygen atoms in total. The number of thioether (sulfide) groups is 1. The van der Waals surface area contributed by atoms with Crippen LogP contribution in [0.1, 0.15) is 24.0 Å². The van der Waals surface area contributed by atoms with Crippen LogP contribution in [0.25, 0.3) is 10.4 Å². The summed E-state index contributed by atoms with van der Waals surface area (Å²) in [4.78, 5) is 29.6. The number of azide groups is 1. The fraction of sp³-hybridized carbons (Fsp3) is 0.579. The molecule has 1 atom stereocenters. The summed E-state index contributed by atoms with van der Waals surface area (Å²) in [5.41, 5.74) is 10.7. The Bertz CT molecular complexity index is 784. The number of amides is 2. The summed E-state index contributed by atoms with van der Waals surface area (Å²) in [6, 6.07) is 6.03. The largest absolute Gasteiger partial charge is 0.379 e. The van der Waals surface area contributed by atoms with Crippen molar-refractivity contribution in [2.45, 2.75) is 36.9 Å². The van der Waals surface area contributed by atoms with Crippen molar-refractivity contribution in [1.29, 1.82) is 0 Å². The van der Waals surface area contributed by atoms with Gasteiger partial charge in [-0.1, -0.05) is 17.2 Å². The maximum atomic E-state index is 12.2. The Hall–Kier alpha value is -2.10. The molecule has 2 aliphatic rings. The highest BCUT2D eigenvalue weighted by Gasteiger charge is 2.35. The fourth-order valence-corrected chi connectivity index (χ4v) is 4.45. The SMILES string of the molecule is [N-]=[N+]=NCCOCCOCCSc1cccc2c1CN(C1CCC(=O)NC1=O)C2. The molecule has 0 aromatic heterocycles. The maximum Gasteiger partial charge on any atom is 0.243 e. The first-order chi connectivity index (χ1) is 14.2. The van der Waals surface area contributed by atoms with E-state index in [1.165, 1.54) is 16.0 Å². The van der Waals surface area contributed by atoms with Gasteiger partial charge in [-0.05, 0) is 29.1 Å². The molecule has 1 aromatic rings. The van der Waals surface area contributed by atoms with Gasteiger partial charge < -0.3 is 9.47 Å². The van der Waals surface area contributed by atoms with Gasteiger partial charge in [0.25, 0.3) is 0 Å². The highest BCUT2D eigenvalue weighted by atomic mass is 32.2. The van der Waals surface area contributed by atoms with Crippen LogP contribution in [-0.2, 0) is 32.2 Å². The minimum absolute atomic E-state index is 0.180. The lowest BCUT2D eigenvalue weighted by Gasteiger charge is -2.29. The zero-order chi connectivity index (χ0) is 20.5. The maximum absolute atomic E-state index is 12.2. The topological polar surface area (TPSA) is 117 Å². The molecular formula is C19H25N5O4S. The van der Waals surface area contributed by atoms with Crippen molar-refractivity contribution in [3.05, 3.63) is 39.8 Å². The van der Waals surface area contributed by atoms with Crippen LogP contribution >= 0.6 is 11.8 Å². The van der Waals surface area contributed by atoms with Crippen molar-refractivity contribution in [1.82, 2.24) is 10.2 Å². The van der Waals surface area contributed by atoms with Crippen LogP contribution < -0.4 is 5.32 Å². The third kappa shape index (κ3) is 6.19. The molecular weight excluding hydrogens is 394 g/mol. The third-order valence-corrected chi connectivity index (χ3v) is 5.94. The zero-order valence-corrected chi connectivity index (χ0v) is 17.0. The molecule has 1 aromatic carbocycles. The second kappa shape index (κ2) is 11.2. The quantitative estimate of drug-likeness (QED) is 0.147. The number of nitrogens with zero attached hydrogens (tertiary/aromatic N) is 4. The van der Waals surface area contributed by atoms with E-state index in [2.05, 4.69) is 32.4 Å². The summed E-state index contributed by atoms with van der Waals surface area (Å²) in [5.74, 6) is 0.465. The van der Waals surface area contributed by atoms with Crippen molar-refractivity contribution in [3.8, 4) is 0 Å². The minimum atomic E-state index is -0.236. The number of benzene rings is 1. The number of piperidine rings is 1. The number of hydrogen-bond acceptors (Lipinski definition) is 7. The minimum Gasteiger partial charge on any atom is -0.379 e. The van der Waals surface area contributed by atoms with E-state index in [1.54, 1.807) is 11.8 Å². The first-order valence-electron chi connectivity index (χ1n) is 9.66. The Balaban J connectivity index is 1.40. The van der Waals surface area contributed by atoms with E-state index in [-0.39, 0.29) is 17.9 Å². The van der Waals surface area contributed by atoms with Gasteiger partial charge in [-0.25, -0.2) is 0 Å². The Kier molecular flexibility index (Phi) is 8.33. The predicted molar refractivity (Wildman–Crippen MR) is 108 cm³/mol. The Morgan fingerprint density at radius 1 is 1.21 bits per heavy atom. The van der Waals surface area contributed by atoms with Crippen LogP contribution in [0.2, 0.25) is 0 Å². The molecule has 10 heteroatoms. The molecule has 0 bridgehead atoms. The normalized spacial score (nSPS) is 19.0. The molecule has 0 aliphatic carbocycles. The van der Waals surface area contributed by atoms with E-state index in [1.807, 2.05) is 6.07 Å². The van der Waals surface area contributed by atoms with Crippen LogP contribution in [0.3, 0.4) is 0 Å². The van der Waals surface area contributed by atoms with Crippen LogP contribution in [0.4, 0.5) is 0 Å². The van der Waals surface area contributed by atoms with Gasteiger partial charge in [-0.3, -0.25) is 19.8 Å². The monoisotopic (exact) mass is 419 g/mol. The number of nitrogens with one attached hydrogen (secondary N) is 1. The lowest BCUT2D eigenvalue weighted by atomic mass is 10.0. The van der Waals surface area contributed by atoms with Gasteiger partial charge in [0.2, 0.25) is 11.8 Å². The second-order valence-corrected chi connectivity index (χ2v) is 7.93. The number of carbonyl (C=O) groups excluding carboxylic acids is 2. The van der Waals surface area contributed by atoms with Gasteiger partial charge >= 0.3 is 0 Å². The van der Waals surface area contributed by atoms with Gasteiger partial charge in [0, 0.05) is 41.6 Å². The lowest BCUT2D eigenvalue weighted by Crippen LogP contribution is -2.50. The van der Waals surface area contributed by atoms with Crippen LogP contribution in [0.5, 0.6) is 0 Å². The number of imide groups is 1. The number of hydrogen-bond donors (Lipinski definition) is 1. The lowest BCUT2D eigenvalue weighted by molar-refractivity contribution is -0.137. The highest BCUT2D eigenvalue weighted by molar-refractivity contribution is 7.99. The van der Waals surface area contributed by atoms with E-state index in [4.69, 9.17) is 15.0 Å². The molecule has 0 saturated carbocycles. The summed E-state index contributed by atoms with van der Waals surface area (Å²) in [5, 5.41) is 5.84. The Labute approximate surface area is 173 Å². The van der Waals surface area contributed by atoms with Crippen LogP contribution in [0, 0.1) is 0 Å². The van der Waals surface area contributed by atoms with Crippen molar-refractivity contribution >= 4 is 23.6 Å². The Morgan fingerprint density at radius 3 is 2.83 bits per heavy atom. The molecule has 0 spiro atoms. The van der Waals surface area contributed by atoms with Gasteiger partial charge in [0.05, 0.1) is 32.5 Å². The van der Waals surface area contributed by atoms with E-state index in [0.29, 0.717) is 45.8 Å². The third-order valence-electron chi connectivity index (χ3n) is 4.87. The van der Waals surface area contributed by atoms with Crippen molar-refractivity contribution < 1.29 is 19.1 Å². The van der Waals surface area contributed by atoms with Crippen molar-refractivity contribution in [3.63, 3.8) is 0 Å². The molecule has 1 fully saturated rings. The van der Waals surface area contributed by atoms with Gasteiger partial charge in [-0.2, -0.15) is 0 Å². The molecule has 2 aliphatic heterocycles. The van der Waals surface area contributed by atoms with Crippen molar-refractivity contribution in [2.75, 3.05) is 38.7 Å². The first kappa shape index (κ1) is 21.6. The molecule has 1 unspecified atom stereocenters. The molecule has 1 saturated heterocycles. The van der Waals surface area contributed by atoms with Crippen molar-refractivity contribution in [2.24, 2.45) is 5.11 Å². The molecule has 29 heavy (non-hydrogen) atoms. The number of fused-ring (bicyclic) bond motifs is 1. The summed E-state index contributed by atoms with van der Waals surface area (Å²) < 4.78 is 10.9. The zero-order valence-electron chi connectivity index (χ0n) is 16.2. The van der Waals surface area contributed by atoms with E-state index in [0.717, 1.165) is 18.8 Å². The van der Waals surface area contributed by atoms with Crippen LogP contribution in [-0.4, -0.2) is 61.5 Å². The van der Waals surface area contributed by atoms with Crippen LogP contribution in [0.15, 0.2) is 28.2 Å². The predicted octanol–water partition coefficient (Wildman–Crippen LogP) is 2.24. The fourth-order valence-electron chi connectivity index (χ4n) is 3.49. The number of carbonyl (C=O) groups is 2. The first-order valence-corrected chi connectivity index (χ1v) is 10.6. The van der Waals surface area contributed by atoms with Gasteiger partial charge in [0.15, 0.2) is 0 Å². The summed E-state index contributed by atoms with van der Waals surface area (Å²) in [7, 11) is 0. The highest BCUT2D eigenvalue weighted by Crippen LogP contribution is 2.34. The van der Waals surface area contributed by atoms with Gasteiger partial charge in [0.1, 0.15) is 0 Å². The smallest absolute Gasteiger partial charge is 0.243 e.